The van der Waals surface area contributed by atoms with Gasteiger partial charge in [0.05, 0.1) is 18.6 Å². The molecule has 2 aromatic rings. The maximum Gasteiger partial charge on any atom is 0.292 e. The highest BCUT2D eigenvalue weighted by atomic mass is 16.6. The molecular weight excluding hydrogens is 346 g/mol. The second-order valence-corrected chi connectivity index (χ2v) is 5.67. The molecule has 0 atom stereocenters. The Morgan fingerprint density at radius 1 is 1.15 bits per heavy atom. The number of para-hydroxylation sites is 2. The molecule has 2 rings (SSSR count). The van der Waals surface area contributed by atoms with Crippen LogP contribution < -0.4 is 20.7 Å². The van der Waals surface area contributed by atoms with E-state index in [1.807, 2.05) is 31.2 Å². The summed E-state index contributed by atoms with van der Waals surface area (Å²) < 4.78 is 5.22. The van der Waals surface area contributed by atoms with Gasteiger partial charge in [0.2, 0.25) is 0 Å². The summed E-state index contributed by atoms with van der Waals surface area (Å²) in [5.74, 6) is 1.49. The van der Waals surface area contributed by atoms with Gasteiger partial charge in [-0.15, -0.1) is 0 Å². The van der Waals surface area contributed by atoms with Crippen molar-refractivity contribution in [3.8, 4) is 5.75 Å². The quantitative estimate of drug-likeness (QED) is 0.206. The minimum atomic E-state index is -0.393. The predicted molar refractivity (Wildman–Crippen MR) is 107 cm³/mol. The molecule has 0 radical (unpaired) electrons. The number of rotatable bonds is 9. The van der Waals surface area contributed by atoms with Gasteiger partial charge in [0, 0.05) is 25.7 Å². The van der Waals surface area contributed by atoms with Gasteiger partial charge in [-0.1, -0.05) is 24.3 Å². The standard InChI is InChI=1S/C19H25N5O3/c1-3-20-19(23-14-15-7-6-8-16(13-15)27-2)22-12-11-21-17-9-4-5-10-18(17)24(25)26/h4-10,13,21H,3,11-12,14H2,1-2H3,(H2,20,22,23). The van der Waals surface area contributed by atoms with Gasteiger partial charge in [0.25, 0.3) is 5.69 Å². The first-order chi connectivity index (χ1) is 13.1. The Morgan fingerprint density at radius 3 is 2.70 bits per heavy atom. The Labute approximate surface area is 158 Å². The molecule has 0 aliphatic carbocycles. The Hall–Kier alpha value is -3.29. The van der Waals surface area contributed by atoms with Crippen LogP contribution in [0.2, 0.25) is 0 Å². The first kappa shape index (κ1) is 20.0. The lowest BCUT2D eigenvalue weighted by Gasteiger charge is -2.12. The predicted octanol–water partition coefficient (Wildman–Crippen LogP) is 2.77. The van der Waals surface area contributed by atoms with E-state index in [0.29, 0.717) is 31.3 Å². The molecule has 0 aromatic heterocycles. The third-order valence-electron chi connectivity index (χ3n) is 3.73. The number of nitrogens with zero attached hydrogens (tertiary/aromatic N) is 2. The van der Waals surface area contributed by atoms with E-state index in [1.165, 1.54) is 6.07 Å². The highest BCUT2D eigenvalue weighted by Crippen LogP contribution is 2.22. The minimum absolute atomic E-state index is 0.0658. The highest BCUT2D eigenvalue weighted by molar-refractivity contribution is 5.79. The van der Waals surface area contributed by atoms with Crippen LogP contribution in [0.4, 0.5) is 11.4 Å². The molecule has 0 unspecified atom stereocenters. The summed E-state index contributed by atoms with van der Waals surface area (Å²) in [5.41, 5.74) is 1.61. The summed E-state index contributed by atoms with van der Waals surface area (Å²) in [6.07, 6.45) is 0. The molecule has 8 heteroatoms. The average molecular weight is 371 g/mol. The first-order valence-electron chi connectivity index (χ1n) is 8.76. The maximum atomic E-state index is 11.0. The number of nitrogens with one attached hydrogen (secondary N) is 3. The van der Waals surface area contributed by atoms with E-state index < -0.39 is 4.92 Å². The van der Waals surface area contributed by atoms with Crippen LogP contribution in [0, 0.1) is 10.1 Å². The van der Waals surface area contributed by atoms with Crippen molar-refractivity contribution in [1.29, 1.82) is 0 Å². The molecule has 0 aliphatic rings. The Bertz CT molecular complexity index is 779. The number of hydrogen-bond acceptors (Lipinski definition) is 5. The van der Waals surface area contributed by atoms with Gasteiger partial charge in [0.15, 0.2) is 5.96 Å². The van der Waals surface area contributed by atoms with Gasteiger partial charge >= 0.3 is 0 Å². The Kier molecular flexibility index (Phi) is 7.90. The fourth-order valence-corrected chi connectivity index (χ4v) is 2.44. The van der Waals surface area contributed by atoms with E-state index in [1.54, 1.807) is 25.3 Å². The van der Waals surface area contributed by atoms with Crippen molar-refractivity contribution in [2.75, 3.05) is 32.1 Å². The number of hydrogen-bond donors (Lipinski definition) is 3. The zero-order valence-electron chi connectivity index (χ0n) is 15.6. The first-order valence-corrected chi connectivity index (χ1v) is 8.76. The van der Waals surface area contributed by atoms with Crippen LogP contribution in [0.3, 0.4) is 0 Å². The summed E-state index contributed by atoms with van der Waals surface area (Å²) in [6.45, 7) is 4.34. The molecule has 0 fully saturated rings. The lowest BCUT2D eigenvalue weighted by atomic mass is 10.2. The molecule has 0 aliphatic heterocycles. The van der Waals surface area contributed by atoms with E-state index in [2.05, 4.69) is 20.9 Å². The van der Waals surface area contributed by atoms with Crippen LogP contribution >= 0.6 is 0 Å². The van der Waals surface area contributed by atoms with Crippen molar-refractivity contribution in [3.63, 3.8) is 0 Å². The molecule has 0 heterocycles. The van der Waals surface area contributed by atoms with Gasteiger partial charge in [-0.3, -0.25) is 10.1 Å². The maximum absolute atomic E-state index is 11.0. The molecule has 0 spiro atoms. The zero-order valence-corrected chi connectivity index (χ0v) is 15.6. The number of nitro groups is 1. The molecule has 144 valence electrons. The second-order valence-electron chi connectivity index (χ2n) is 5.67. The summed E-state index contributed by atoms with van der Waals surface area (Å²) in [5, 5.41) is 20.5. The van der Waals surface area contributed by atoms with Crippen LogP contribution in [0.15, 0.2) is 53.5 Å². The van der Waals surface area contributed by atoms with Gasteiger partial charge < -0.3 is 20.7 Å². The van der Waals surface area contributed by atoms with Gasteiger partial charge in [-0.25, -0.2) is 4.99 Å². The number of methoxy groups -OCH3 is 1. The fourth-order valence-electron chi connectivity index (χ4n) is 2.44. The van der Waals surface area contributed by atoms with Crippen LogP contribution in [0.25, 0.3) is 0 Å². The number of guanidine groups is 1. The minimum Gasteiger partial charge on any atom is -0.497 e. The van der Waals surface area contributed by atoms with Crippen LogP contribution in [0.5, 0.6) is 5.75 Å². The molecule has 0 bridgehead atoms. The molecule has 0 saturated heterocycles. The molecule has 8 nitrogen and oxygen atoms in total. The molecule has 0 amide bonds. The highest BCUT2D eigenvalue weighted by Gasteiger charge is 2.11. The van der Waals surface area contributed by atoms with Crippen molar-refractivity contribution in [2.24, 2.45) is 4.99 Å². The van der Waals surface area contributed by atoms with E-state index in [-0.39, 0.29) is 5.69 Å². The van der Waals surface area contributed by atoms with Crippen molar-refractivity contribution < 1.29 is 9.66 Å². The van der Waals surface area contributed by atoms with E-state index >= 15 is 0 Å². The van der Waals surface area contributed by atoms with Crippen LogP contribution in [0.1, 0.15) is 12.5 Å². The summed E-state index contributed by atoms with van der Waals surface area (Å²) >= 11 is 0. The van der Waals surface area contributed by atoms with Crippen molar-refractivity contribution in [3.05, 3.63) is 64.2 Å². The number of nitro benzene ring substituents is 1. The molecule has 3 N–H and O–H groups in total. The number of ether oxygens (including phenoxy) is 1. The van der Waals surface area contributed by atoms with Gasteiger partial charge in [-0.05, 0) is 30.7 Å². The molecule has 2 aromatic carbocycles. The second kappa shape index (κ2) is 10.6. The molecule has 0 saturated carbocycles. The molecule has 27 heavy (non-hydrogen) atoms. The number of aliphatic imine (C=N–C) groups is 1. The normalized spacial score (nSPS) is 11.0. The smallest absolute Gasteiger partial charge is 0.292 e. The summed E-state index contributed by atoms with van der Waals surface area (Å²) in [6, 6.07) is 14.4. The van der Waals surface area contributed by atoms with Crippen molar-refractivity contribution >= 4 is 17.3 Å². The largest absolute Gasteiger partial charge is 0.497 e. The number of anilines is 1. The Balaban J connectivity index is 1.88. The van der Waals surface area contributed by atoms with Gasteiger partial charge in [0.1, 0.15) is 11.4 Å². The van der Waals surface area contributed by atoms with Crippen molar-refractivity contribution in [1.82, 2.24) is 10.6 Å². The van der Waals surface area contributed by atoms with E-state index in [0.717, 1.165) is 17.9 Å². The van der Waals surface area contributed by atoms with Gasteiger partial charge in [-0.2, -0.15) is 0 Å². The third-order valence-corrected chi connectivity index (χ3v) is 3.73. The molecular formula is C19H25N5O3. The number of benzene rings is 2. The van der Waals surface area contributed by atoms with Crippen molar-refractivity contribution in [2.45, 2.75) is 13.5 Å². The topological polar surface area (TPSA) is 101 Å². The third kappa shape index (κ3) is 6.50. The average Bonchev–Trinajstić information content (AvgIpc) is 2.69. The lowest BCUT2D eigenvalue weighted by molar-refractivity contribution is -0.384. The zero-order chi connectivity index (χ0) is 19.5. The lowest BCUT2D eigenvalue weighted by Crippen LogP contribution is -2.39. The summed E-state index contributed by atoms with van der Waals surface area (Å²) in [4.78, 5) is 15.2. The van der Waals surface area contributed by atoms with E-state index in [4.69, 9.17) is 4.74 Å². The van der Waals surface area contributed by atoms with E-state index in [9.17, 15) is 10.1 Å². The van der Waals surface area contributed by atoms with Crippen LogP contribution in [-0.4, -0.2) is 37.6 Å². The van der Waals surface area contributed by atoms with Crippen LogP contribution in [-0.2, 0) is 6.54 Å². The monoisotopic (exact) mass is 371 g/mol. The SMILES string of the molecule is CCNC(=NCc1cccc(OC)c1)NCCNc1ccccc1[N+](=O)[O-]. The Morgan fingerprint density at radius 2 is 1.96 bits per heavy atom. The summed E-state index contributed by atoms with van der Waals surface area (Å²) in [7, 11) is 1.64. The fraction of sp³-hybridized carbons (Fsp3) is 0.316.